The molecule has 1 saturated carbocycles. The van der Waals surface area contributed by atoms with E-state index in [0.29, 0.717) is 13.0 Å². The van der Waals surface area contributed by atoms with Crippen molar-refractivity contribution in [3.8, 4) is 0 Å². The van der Waals surface area contributed by atoms with Crippen LogP contribution in [0.15, 0.2) is 30.3 Å². The average Bonchev–Trinajstić information content (AvgIpc) is 3.28. The van der Waals surface area contributed by atoms with Gasteiger partial charge in [0.2, 0.25) is 0 Å². The van der Waals surface area contributed by atoms with E-state index in [0.717, 1.165) is 17.9 Å². The summed E-state index contributed by atoms with van der Waals surface area (Å²) in [5, 5.41) is 14.5. The normalized spacial score (nSPS) is 15.2. The molecule has 5 heteroatoms. The number of nitrogens with one attached hydrogen (secondary N) is 2. The van der Waals surface area contributed by atoms with Gasteiger partial charge in [-0.25, -0.2) is 4.79 Å². The highest BCUT2D eigenvalue weighted by Crippen LogP contribution is 2.31. The Hall–Kier alpha value is -2.04. The number of amides is 2. The fourth-order valence-corrected chi connectivity index (χ4v) is 2.28. The van der Waals surface area contributed by atoms with E-state index in [1.165, 1.54) is 12.8 Å². The number of carbonyl (C=O) groups excluding carboxylic acids is 1. The molecule has 1 atom stereocenters. The summed E-state index contributed by atoms with van der Waals surface area (Å²) in [5.74, 6) is -0.0749. The molecule has 3 N–H and O–H groups in total. The molecule has 1 aliphatic carbocycles. The topological polar surface area (TPSA) is 78.4 Å². The lowest BCUT2D eigenvalue weighted by molar-refractivity contribution is -0.137. The summed E-state index contributed by atoms with van der Waals surface area (Å²) in [5.41, 5.74) is 0.927. The van der Waals surface area contributed by atoms with Crippen molar-refractivity contribution >= 4 is 12.0 Å². The predicted molar refractivity (Wildman–Crippen MR) is 79.9 cm³/mol. The van der Waals surface area contributed by atoms with Gasteiger partial charge in [-0.2, -0.15) is 0 Å². The van der Waals surface area contributed by atoms with E-state index in [-0.39, 0.29) is 18.5 Å². The Morgan fingerprint density at radius 1 is 1.24 bits per heavy atom. The summed E-state index contributed by atoms with van der Waals surface area (Å²) in [4.78, 5) is 22.7. The van der Waals surface area contributed by atoms with Crippen LogP contribution in [-0.4, -0.2) is 23.7 Å². The van der Waals surface area contributed by atoms with Crippen LogP contribution in [0, 0.1) is 5.92 Å². The first-order valence-electron chi connectivity index (χ1n) is 7.46. The highest BCUT2D eigenvalue weighted by Gasteiger charge is 2.21. The molecule has 0 spiro atoms. The second-order valence-corrected chi connectivity index (χ2v) is 5.53. The number of hydrogen-bond acceptors (Lipinski definition) is 2. The second kappa shape index (κ2) is 7.67. The van der Waals surface area contributed by atoms with Gasteiger partial charge in [0.15, 0.2) is 0 Å². The van der Waals surface area contributed by atoms with Crippen LogP contribution < -0.4 is 10.6 Å². The number of urea groups is 1. The molecule has 2 rings (SSSR count). The van der Waals surface area contributed by atoms with Crippen molar-refractivity contribution in [1.29, 1.82) is 0 Å². The maximum Gasteiger partial charge on any atom is 0.315 e. The van der Waals surface area contributed by atoms with Gasteiger partial charge < -0.3 is 15.7 Å². The number of carbonyl (C=O) groups is 2. The minimum Gasteiger partial charge on any atom is -0.481 e. The van der Waals surface area contributed by atoms with Crippen molar-refractivity contribution in [3.63, 3.8) is 0 Å². The lowest BCUT2D eigenvalue weighted by Crippen LogP contribution is -2.38. The molecule has 2 amide bonds. The van der Waals surface area contributed by atoms with E-state index in [1.54, 1.807) is 0 Å². The fraction of sp³-hybridized carbons (Fsp3) is 0.500. The van der Waals surface area contributed by atoms with E-state index in [1.807, 2.05) is 30.3 Å². The smallest absolute Gasteiger partial charge is 0.315 e. The summed E-state index contributed by atoms with van der Waals surface area (Å²) in [6.45, 7) is 0.678. The Balaban J connectivity index is 1.84. The molecule has 0 aliphatic heterocycles. The summed E-state index contributed by atoms with van der Waals surface area (Å²) in [7, 11) is 0. The maximum atomic E-state index is 11.9. The third kappa shape index (κ3) is 5.85. The number of aliphatic carboxylic acids is 1. The third-order valence-electron chi connectivity index (χ3n) is 3.69. The van der Waals surface area contributed by atoms with Crippen LogP contribution in [0.5, 0.6) is 0 Å². The van der Waals surface area contributed by atoms with Crippen LogP contribution in [0.1, 0.15) is 43.7 Å². The average molecular weight is 290 g/mol. The SMILES string of the molecule is O=C(O)CCC(NC(=O)NCCC1CC1)c1ccccc1. The van der Waals surface area contributed by atoms with E-state index >= 15 is 0 Å². The van der Waals surface area contributed by atoms with E-state index < -0.39 is 5.97 Å². The zero-order valence-corrected chi connectivity index (χ0v) is 12.0. The Morgan fingerprint density at radius 3 is 2.57 bits per heavy atom. The lowest BCUT2D eigenvalue weighted by atomic mass is 10.0. The zero-order chi connectivity index (χ0) is 15.1. The summed E-state index contributed by atoms with van der Waals surface area (Å²) in [6, 6.07) is 8.96. The quantitative estimate of drug-likeness (QED) is 0.688. The van der Waals surface area contributed by atoms with Gasteiger partial charge in [0, 0.05) is 13.0 Å². The highest BCUT2D eigenvalue weighted by atomic mass is 16.4. The molecule has 21 heavy (non-hydrogen) atoms. The molecular weight excluding hydrogens is 268 g/mol. The lowest BCUT2D eigenvalue weighted by Gasteiger charge is -2.19. The molecule has 1 aliphatic rings. The van der Waals surface area contributed by atoms with Crippen LogP contribution >= 0.6 is 0 Å². The van der Waals surface area contributed by atoms with Gasteiger partial charge in [-0.3, -0.25) is 4.79 Å². The van der Waals surface area contributed by atoms with Gasteiger partial charge in [0.25, 0.3) is 0 Å². The molecule has 1 aromatic carbocycles. The molecule has 0 heterocycles. The summed E-state index contributed by atoms with van der Waals surface area (Å²) >= 11 is 0. The van der Waals surface area contributed by atoms with E-state index in [9.17, 15) is 9.59 Å². The van der Waals surface area contributed by atoms with Crippen LogP contribution in [0.25, 0.3) is 0 Å². The minimum atomic E-state index is -0.855. The Kier molecular flexibility index (Phi) is 5.60. The molecule has 0 bridgehead atoms. The van der Waals surface area contributed by atoms with E-state index in [2.05, 4.69) is 10.6 Å². The van der Waals surface area contributed by atoms with Crippen molar-refractivity contribution in [2.24, 2.45) is 5.92 Å². The minimum absolute atomic E-state index is 0.0297. The summed E-state index contributed by atoms with van der Waals surface area (Å²) < 4.78 is 0. The zero-order valence-electron chi connectivity index (χ0n) is 12.0. The predicted octanol–water partition coefficient (Wildman–Crippen LogP) is 2.69. The molecule has 1 fully saturated rings. The Morgan fingerprint density at radius 2 is 1.95 bits per heavy atom. The maximum absolute atomic E-state index is 11.9. The largest absolute Gasteiger partial charge is 0.481 e. The molecule has 5 nitrogen and oxygen atoms in total. The second-order valence-electron chi connectivity index (χ2n) is 5.53. The molecule has 1 aromatic rings. The number of carboxylic acids is 1. The molecular formula is C16H22N2O3. The number of rotatable bonds is 8. The van der Waals surface area contributed by atoms with Crippen LogP contribution in [0.2, 0.25) is 0 Å². The van der Waals surface area contributed by atoms with Crippen molar-refractivity contribution in [2.45, 2.75) is 38.1 Å². The van der Waals surface area contributed by atoms with Gasteiger partial charge in [-0.1, -0.05) is 43.2 Å². The molecule has 0 aromatic heterocycles. The molecule has 1 unspecified atom stereocenters. The van der Waals surface area contributed by atoms with Crippen molar-refractivity contribution < 1.29 is 14.7 Å². The fourth-order valence-electron chi connectivity index (χ4n) is 2.28. The number of hydrogen-bond donors (Lipinski definition) is 3. The first kappa shape index (κ1) is 15.4. The van der Waals surface area contributed by atoms with Crippen molar-refractivity contribution in [1.82, 2.24) is 10.6 Å². The van der Waals surface area contributed by atoms with Crippen LogP contribution in [0.4, 0.5) is 4.79 Å². The standard InChI is InChI=1S/C16H22N2O3/c19-15(20)9-8-14(13-4-2-1-3-5-13)18-16(21)17-11-10-12-6-7-12/h1-5,12,14H,6-11H2,(H,19,20)(H2,17,18,21). The van der Waals surface area contributed by atoms with E-state index in [4.69, 9.17) is 5.11 Å². The van der Waals surface area contributed by atoms with Gasteiger partial charge in [0.05, 0.1) is 6.04 Å². The first-order chi connectivity index (χ1) is 10.1. The van der Waals surface area contributed by atoms with Gasteiger partial charge in [-0.15, -0.1) is 0 Å². The molecule has 0 radical (unpaired) electrons. The van der Waals surface area contributed by atoms with Gasteiger partial charge in [-0.05, 0) is 24.3 Å². The van der Waals surface area contributed by atoms with Crippen molar-refractivity contribution in [3.05, 3.63) is 35.9 Å². The molecule has 0 saturated heterocycles. The van der Waals surface area contributed by atoms with Crippen LogP contribution in [-0.2, 0) is 4.79 Å². The first-order valence-corrected chi connectivity index (χ1v) is 7.46. The third-order valence-corrected chi connectivity index (χ3v) is 3.69. The number of benzene rings is 1. The highest BCUT2D eigenvalue weighted by molar-refractivity contribution is 5.74. The van der Waals surface area contributed by atoms with Crippen molar-refractivity contribution in [2.75, 3.05) is 6.54 Å². The van der Waals surface area contributed by atoms with Gasteiger partial charge >= 0.3 is 12.0 Å². The monoisotopic (exact) mass is 290 g/mol. The Bertz CT molecular complexity index is 472. The summed E-state index contributed by atoms with van der Waals surface area (Å²) in [6.07, 6.45) is 3.99. The van der Waals surface area contributed by atoms with Gasteiger partial charge in [0.1, 0.15) is 0 Å². The van der Waals surface area contributed by atoms with Crippen LogP contribution in [0.3, 0.4) is 0 Å². The molecule has 114 valence electrons. The Labute approximate surface area is 124 Å². The number of carboxylic acid groups (broad SMARTS) is 1.